The van der Waals surface area contributed by atoms with E-state index in [9.17, 15) is 23.3 Å². The molecule has 0 aliphatic heterocycles. The molecule has 0 amide bonds. The maximum Gasteiger partial charge on any atom is 0.296 e. The van der Waals surface area contributed by atoms with E-state index in [1.807, 2.05) is 0 Å². The Kier molecular flexibility index (Phi) is 3.56. The Bertz CT molecular complexity index is 602. The lowest BCUT2D eigenvalue weighted by atomic mass is 10.3. The first-order valence-corrected chi connectivity index (χ1v) is 5.53. The van der Waals surface area contributed by atoms with Gasteiger partial charge in [0.25, 0.3) is 21.8 Å². The molecule has 0 spiro atoms. The van der Waals surface area contributed by atoms with Crippen LogP contribution in [0.25, 0.3) is 0 Å². The van der Waals surface area contributed by atoms with Crippen LogP contribution >= 0.6 is 0 Å². The van der Waals surface area contributed by atoms with Crippen molar-refractivity contribution in [3.63, 3.8) is 0 Å². The molecule has 0 bridgehead atoms. The van der Waals surface area contributed by atoms with Gasteiger partial charge in [0.2, 0.25) is 0 Å². The van der Waals surface area contributed by atoms with Gasteiger partial charge in [0, 0.05) is 6.07 Å². The fourth-order valence-corrected chi connectivity index (χ4v) is 1.91. The Morgan fingerprint density at radius 3 is 2.59 bits per heavy atom. The van der Waals surface area contributed by atoms with Gasteiger partial charge in [-0.3, -0.25) is 10.1 Å². The van der Waals surface area contributed by atoms with Gasteiger partial charge in [0.15, 0.2) is 0 Å². The summed E-state index contributed by atoms with van der Waals surface area (Å²) in [7, 11) is -3.10. The molecule has 0 aromatic heterocycles. The minimum Gasteiger partial charge on any atom is -0.495 e. The Morgan fingerprint density at radius 1 is 1.47 bits per heavy atom. The smallest absolute Gasteiger partial charge is 0.296 e. The van der Waals surface area contributed by atoms with Crippen LogP contribution in [0.5, 0.6) is 5.75 Å². The van der Waals surface area contributed by atoms with Crippen LogP contribution in [0.1, 0.15) is 0 Å². The molecule has 0 N–H and O–H groups in total. The number of carbonyl (C=O) groups excluding carboxylic acids is 1. The number of methoxy groups -OCH3 is 1. The van der Waals surface area contributed by atoms with E-state index < -0.39 is 19.8 Å². The van der Waals surface area contributed by atoms with E-state index in [-0.39, 0.29) is 11.4 Å². The summed E-state index contributed by atoms with van der Waals surface area (Å²) in [6.45, 7) is 0. The highest BCUT2D eigenvalue weighted by Gasteiger charge is 2.21. The molecule has 0 saturated heterocycles. The molecule has 1 aromatic rings. The molecule has 0 atom stereocenters. The molecule has 0 saturated carbocycles. The first-order chi connectivity index (χ1) is 7.92. The van der Waals surface area contributed by atoms with Crippen LogP contribution < -0.4 is 4.74 Å². The number of rotatable bonds is 4. The van der Waals surface area contributed by atoms with Gasteiger partial charge in [-0.2, -0.15) is 8.42 Å². The summed E-state index contributed by atoms with van der Waals surface area (Å²) >= 11 is 0. The van der Waals surface area contributed by atoms with E-state index in [1.165, 1.54) is 0 Å². The van der Waals surface area contributed by atoms with Crippen LogP contribution in [-0.2, 0) is 14.8 Å². The zero-order valence-corrected chi connectivity index (χ0v) is 9.30. The SMILES string of the molecule is COc1cc([N+](=O)[O-])ccc1S(=O)(=O)N=C=O. The zero-order valence-electron chi connectivity index (χ0n) is 8.48. The Labute approximate surface area is 95.7 Å². The molecule has 0 aliphatic rings. The fraction of sp³-hybridized carbons (Fsp3) is 0.125. The van der Waals surface area contributed by atoms with Crippen molar-refractivity contribution in [2.45, 2.75) is 4.90 Å². The van der Waals surface area contributed by atoms with E-state index in [0.717, 1.165) is 31.4 Å². The van der Waals surface area contributed by atoms with Gasteiger partial charge in [-0.25, -0.2) is 4.79 Å². The van der Waals surface area contributed by atoms with E-state index in [0.29, 0.717) is 0 Å². The molecular formula is C8H6N2O6S. The van der Waals surface area contributed by atoms with E-state index in [4.69, 9.17) is 4.74 Å². The summed E-state index contributed by atoms with van der Waals surface area (Å²) < 4.78 is 30.2. The average molecular weight is 258 g/mol. The first kappa shape index (κ1) is 12.8. The number of isocyanates is 1. The second-order valence-corrected chi connectivity index (χ2v) is 4.32. The van der Waals surface area contributed by atoms with Gasteiger partial charge in [-0.15, -0.1) is 0 Å². The number of nitrogens with zero attached hydrogens (tertiary/aromatic N) is 2. The summed E-state index contributed by atoms with van der Waals surface area (Å²) in [6.07, 6.45) is 0.893. The van der Waals surface area contributed by atoms with Crippen molar-refractivity contribution < 1.29 is 22.9 Å². The maximum absolute atomic E-state index is 11.4. The van der Waals surface area contributed by atoms with E-state index in [1.54, 1.807) is 0 Å². The van der Waals surface area contributed by atoms with Crippen molar-refractivity contribution >= 4 is 21.8 Å². The molecular weight excluding hydrogens is 252 g/mol. The lowest BCUT2D eigenvalue weighted by Gasteiger charge is -2.04. The van der Waals surface area contributed by atoms with Crippen molar-refractivity contribution in [2.24, 2.45) is 4.40 Å². The number of hydrogen-bond donors (Lipinski definition) is 0. The molecule has 17 heavy (non-hydrogen) atoms. The van der Waals surface area contributed by atoms with E-state index in [2.05, 4.69) is 4.40 Å². The van der Waals surface area contributed by atoms with Crippen molar-refractivity contribution in [1.82, 2.24) is 0 Å². The molecule has 90 valence electrons. The van der Waals surface area contributed by atoms with E-state index >= 15 is 0 Å². The largest absolute Gasteiger partial charge is 0.495 e. The second-order valence-electron chi connectivity index (χ2n) is 2.75. The normalized spacial score (nSPS) is 10.4. The highest BCUT2D eigenvalue weighted by atomic mass is 32.2. The summed E-state index contributed by atoms with van der Waals surface area (Å²) in [5.74, 6) is -0.266. The number of sulfonamides is 1. The van der Waals surface area contributed by atoms with Gasteiger partial charge in [-0.05, 0) is 6.07 Å². The molecule has 0 heterocycles. The molecule has 8 nitrogen and oxygen atoms in total. The molecule has 0 aliphatic carbocycles. The second kappa shape index (κ2) is 4.73. The standard InChI is InChI=1S/C8H6N2O6S/c1-16-7-4-6(10(12)13)2-3-8(7)17(14,15)9-5-11/h2-4H,1H3. The Hall–Kier alpha value is -2.25. The molecule has 1 rings (SSSR count). The molecule has 1 aromatic carbocycles. The van der Waals surface area contributed by atoms with Crippen LogP contribution in [0, 0.1) is 10.1 Å². The molecule has 0 radical (unpaired) electrons. The number of nitro benzene ring substituents is 1. The Balaban J connectivity index is 3.47. The van der Waals surface area contributed by atoms with Crippen LogP contribution in [0.3, 0.4) is 0 Å². The van der Waals surface area contributed by atoms with Crippen LogP contribution in [0.4, 0.5) is 5.69 Å². The molecule has 9 heteroatoms. The molecule has 0 fully saturated rings. The summed E-state index contributed by atoms with van der Waals surface area (Å²) in [5.41, 5.74) is -0.337. The number of hydrogen-bond acceptors (Lipinski definition) is 6. The summed E-state index contributed by atoms with van der Waals surface area (Å²) in [5, 5.41) is 10.5. The van der Waals surface area contributed by atoms with Crippen LogP contribution in [0.15, 0.2) is 27.5 Å². The predicted octanol–water partition coefficient (Wildman–Crippen LogP) is 0.628. The maximum atomic E-state index is 11.4. The number of nitro groups is 1. The summed E-state index contributed by atoms with van der Waals surface area (Å²) in [6, 6.07) is 2.83. The number of non-ortho nitro benzene ring substituents is 1. The lowest BCUT2D eigenvalue weighted by Crippen LogP contribution is -2.01. The van der Waals surface area contributed by atoms with Gasteiger partial charge in [-0.1, -0.05) is 4.40 Å². The van der Waals surface area contributed by atoms with Gasteiger partial charge in [0.1, 0.15) is 10.6 Å². The highest BCUT2D eigenvalue weighted by Crippen LogP contribution is 2.29. The third-order valence-corrected chi connectivity index (χ3v) is 3.00. The monoisotopic (exact) mass is 258 g/mol. The minimum atomic E-state index is -4.24. The zero-order chi connectivity index (χ0) is 13.1. The minimum absolute atomic E-state index is 0.266. The fourth-order valence-electron chi connectivity index (χ4n) is 1.08. The number of ether oxygens (including phenoxy) is 1. The number of benzene rings is 1. The van der Waals surface area contributed by atoms with Crippen molar-refractivity contribution in [1.29, 1.82) is 0 Å². The lowest BCUT2D eigenvalue weighted by molar-refractivity contribution is -0.385. The van der Waals surface area contributed by atoms with Crippen molar-refractivity contribution in [3.8, 4) is 5.75 Å². The van der Waals surface area contributed by atoms with Gasteiger partial charge >= 0.3 is 0 Å². The third kappa shape index (κ3) is 2.65. The highest BCUT2D eigenvalue weighted by molar-refractivity contribution is 7.90. The van der Waals surface area contributed by atoms with Gasteiger partial charge < -0.3 is 4.74 Å². The molecule has 0 unspecified atom stereocenters. The first-order valence-electron chi connectivity index (χ1n) is 4.09. The quantitative estimate of drug-likeness (QED) is 0.338. The topological polar surface area (TPSA) is 116 Å². The van der Waals surface area contributed by atoms with Crippen LogP contribution in [0.2, 0.25) is 0 Å². The van der Waals surface area contributed by atoms with Crippen LogP contribution in [-0.4, -0.2) is 26.5 Å². The van der Waals surface area contributed by atoms with Crippen molar-refractivity contribution in [2.75, 3.05) is 7.11 Å². The average Bonchev–Trinajstić information content (AvgIpc) is 2.28. The van der Waals surface area contributed by atoms with Crippen molar-refractivity contribution in [3.05, 3.63) is 28.3 Å². The van der Waals surface area contributed by atoms with Gasteiger partial charge in [0.05, 0.1) is 18.1 Å². The Morgan fingerprint density at radius 2 is 2.12 bits per heavy atom. The summed E-state index contributed by atoms with van der Waals surface area (Å²) in [4.78, 5) is 19.3. The predicted molar refractivity (Wildman–Crippen MR) is 55.0 cm³/mol. The third-order valence-electron chi connectivity index (χ3n) is 1.79.